The molecule has 1 rings (SSSR count). The summed E-state index contributed by atoms with van der Waals surface area (Å²) in [6, 6.07) is 0. The molecule has 0 unspecified atom stereocenters. The van der Waals surface area contributed by atoms with Crippen molar-refractivity contribution in [1.82, 2.24) is 0 Å². The summed E-state index contributed by atoms with van der Waals surface area (Å²) in [5.74, 6) is 1.83. The molecule has 0 atom stereocenters. The molecule has 1 fully saturated rings. The first-order valence-electron chi connectivity index (χ1n) is 4.62. The van der Waals surface area contributed by atoms with E-state index in [1.807, 2.05) is 0 Å². The van der Waals surface area contributed by atoms with Crippen LogP contribution in [0.5, 0.6) is 0 Å². The highest BCUT2D eigenvalue weighted by Gasteiger charge is 2.13. The van der Waals surface area contributed by atoms with Gasteiger partial charge in [0, 0.05) is 6.42 Å². The molecule has 1 aliphatic rings. The molecule has 63 valence electrons. The maximum absolute atomic E-state index is 10.8. The third-order valence-electron chi connectivity index (χ3n) is 2.31. The lowest BCUT2D eigenvalue weighted by Gasteiger charge is -2.09. The van der Waals surface area contributed by atoms with Crippen LogP contribution >= 0.6 is 0 Å². The van der Waals surface area contributed by atoms with Gasteiger partial charge in [-0.2, -0.15) is 0 Å². The zero-order chi connectivity index (χ0) is 8.10. The molecule has 1 nitrogen and oxygen atoms in total. The largest absolute Gasteiger partial charge is 0.300 e. The highest BCUT2D eigenvalue weighted by atomic mass is 16.1. The number of hydrogen-bond donors (Lipinski definition) is 0. The quantitative estimate of drug-likeness (QED) is 0.557. The Balaban J connectivity index is 2.25. The Morgan fingerprint density at radius 1 is 1.18 bits per heavy atom. The van der Waals surface area contributed by atoms with Crippen molar-refractivity contribution < 1.29 is 4.79 Å². The van der Waals surface area contributed by atoms with Crippen molar-refractivity contribution in [2.75, 3.05) is 0 Å². The van der Waals surface area contributed by atoms with Crippen molar-refractivity contribution in [1.29, 1.82) is 0 Å². The van der Waals surface area contributed by atoms with Crippen LogP contribution < -0.4 is 0 Å². The van der Waals surface area contributed by atoms with Crippen LogP contribution in [0.1, 0.15) is 51.9 Å². The van der Waals surface area contributed by atoms with Crippen LogP contribution in [0.3, 0.4) is 0 Å². The van der Waals surface area contributed by atoms with Crippen LogP contribution in [0.15, 0.2) is 0 Å². The summed E-state index contributed by atoms with van der Waals surface area (Å²) in [6.07, 6.45) is 8.51. The fourth-order valence-electron chi connectivity index (χ4n) is 1.76. The molecule has 0 bridgehead atoms. The van der Waals surface area contributed by atoms with E-state index >= 15 is 0 Å². The van der Waals surface area contributed by atoms with Gasteiger partial charge in [0.2, 0.25) is 0 Å². The van der Waals surface area contributed by atoms with E-state index in [1.54, 1.807) is 6.92 Å². The van der Waals surface area contributed by atoms with Gasteiger partial charge in [-0.05, 0) is 25.7 Å². The molecule has 11 heavy (non-hydrogen) atoms. The Labute approximate surface area is 69.2 Å². The van der Waals surface area contributed by atoms with E-state index in [-0.39, 0.29) is 0 Å². The highest BCUT2D eigenvalue weighted by Crippen LogP contribution is 2.27. The van der Waals surface area contributed by atoms with Gasteiger partial charge < -0.3 is 4.79 Å². The molecule has 0 aromatic carbocycles. The van der Waals surface area contributed by atoms with E-state index in [0.29, 0.717) is 5.78 Å². The van der Waals surface area contributed by atoms with E-state index in [1.165, 1.54) is 44.4 Å². The van der Waals surface area contributed by atoms with Crippen molar-refractivity contribution in [3.8, 4) is 0 Å². The maximum atomic E-state index is 10.8. The number of ketones is 1. The monoisotopic (exact) mass is 153 g/mol. The molecule has 1 saturated carbocycles. The molecule has 0 heterocycles. The third kappa shape index (κ3) is 3.54. The zero-order valence-corrected chi connectivity index (χ0v) is 7.36. The molecule has 0 amide bonds. The first-order valence-corrected chi connectivity index (χ1v) is 4.62. The second-order valence-corrected chi connectivity index (χ2v) is 3.54. The summed E-state index contributed by atoms with van der Waals surface area (Å²) in [5, 5.41) is 0. The first kappa shape index (κ1) is 8.76. The fraction of sp³-hybridized carbons (Fsp3) is 0.800. The van der Waals surface area contributed by atoms with Crippen molar-refractivity contribution in [3.05, 3.63) is 5.92 Å². The van der Waals surface area contributed by atoms with Crippen LogP contribution in [0.25, 0.3) is 0 Å². The van der Waals surface area contributed by atoms with E-state index in [9.17, 15) is 4.79 Å². The molecule has 0 aromatic heterocycles. The van der Waals surface area contributed by atoms with Crippen LogP contribution in [-0.4, -0.2) is 5.78 Å². The Morgan fingerprint density at radius 3 is 2.18 bits per heavy atom. The molecule has 0 aromatic rings. The predicted octanol–water partition coefficient (Wildman–Crippen LogP) is 2.89. The molecule has 0 aliphatic heterocycles. The molecule has 1 aliphatic carbocycles. The topological polar surface area (TPSA) is 17.1 Å². The number of carbonyl (C=O) groups excluding carboxylic acids is 1. The van der Waals surface area contributed by atoms with Crippen LogP contribution in [0, 0.1) is 5.92 Å². The van der Waals surface area contributed by atoms with Crippen molar-refractivity contribution in [2.45, 2.75) is 51.9 Å². The summed E-state index contributed by atoms with van der Waals surface area (Å²) in [5.41, 5.74) is 0. The van der Waals surface area contributed by atoms with E-state index < -0.39 is 0 Å². The lowest BCUT2D eigenvalue weighted by Crippen LogP contribution is -2.01. The highest BCUT2D eigenvalue weighted by molar-refractivity contribution is 5.77. The Hall–Kier alpha value is -0.330. The van der Waals surface area contributed by atoms with Gasteiger partial charge >= 0.3 is 0 Å². The summed E-state index contributed by atoms with van der Waals surface area (Å²) in [7, 11) is 0. The molecular weight excluding hydrogens is 136 g/mol. The fourth-order valence-corrected chi connectivity index (χ4v) is 1.76. The van der Waals surface area contributed by atoms with Crippen LogP contribution in [0.4, 0.5) is 0 Å². The van der Waals surface area contributed by atoms with E-state index in [2.05, 4.69) is 0 Å². The average molecular weight is 153 g/mol. The van der Waals surface area contributed by atoms with Crippen molar-refractivity contribution in [3.63, 3.8) is 0 Å². The van der Waals surface area contributed by atoms with Crippen molar-refractivity contribution >= 4 is 5.78 Å². The number of rotatable bonds is 2. The second-order valence-electron chi connectivity index (χ2n) is 3.54. The average Bonchev–Trinajstić information content (AvgIpc) is 2.14. The summed E-state index contributed by atoms with van der Waals surface area (Å²) < 4.78 is 0. The van der Waals surface area contributed by atoms with Gasteiger partial charge in [0.25, 0.3) is 0 Å². The van der Waals surface area contributed by atoms with Gasteiger partial charge in [0.05, 0.1) is 0 Å². The predicted molar refractivity (Wildman–Crippen MR) is 46.2 cm³/mol. The van der Waals surface area contributed by atoms with E-state index in [4.69, 9.17) is 0 Å². The molecule has 0 N–H and O–H groups in total. The van der Waals surface area contributed by atoms with Crippen molar-refractivity contribution in [2.24, 2.45) is 0 Å². The summed E-state index contributed by atoms with van der Waals surface area (Å²) in [6.45, 7) is 1.69. The Kier molecular flexibility index (Phi) is 3.61. The van der Waals surface area contributed by atoms with Crippen LogP contribution in [-0.2, 0) is 4.79 Å². The first-order chi connectivity index (χ1) is 5.29. The molecule has 1 radical (unpaired) electrons. The van der Waals surface area contributed by atoms with Gasteiger partial charge in [-0.25, -0.2) is 0 Å². The number of Topliss-reactive ketones (excluding diaryl/α,β-unsaturated/α-hetero) is 1. The lowest BCUT2D eigenvalue weighted by atomic mass is 9.95. The molecule has 1 heteroatoms. The molecular formula is C10H17O. The smallest absolute Gasteiger partial charge is 0.130 e. The SMILES string of the molecule is CC(=O)C[C]1CCCCCC1. The second kappa shape index (κ2) is 4.53. The minimum Gasteiger partial charge on any atom is -0.300 e. The van der Waals surface area contributed by atoms with Gasteiger partial charge in [-0.15, -0.1) is 0 Å². The summed E-state index contributed by atoms with van der Waals surface area (Å²) in [4.78, 5) is 10.8. The molecule has 0 spiro atoms. The lowest BCUT2D eigenvalue weighted by molar-refractivity contribution is -0.116. The van der Waals surface area contributed by atoms with Gasteiger partial charge in [-0.1, -0.05) is 25.7 Å². The maximum Gasteiger partial charge on any atom is 0.130 e. The standard InChI is InChI=1S/C10H17O/c1-9(11)8-10-6-4-2-3-5-7-10/h2-8H2,1H3. The Morgan fingerprint density at radius 2 is 1.73 bits per heavy atom. The zero-order valence-electron chi connectivity index (χ0n) is 7.36. The minimum absolute atomic E-state index is 0.335. The molecule has 0 saturated heterocycles. The minimum atomic E-state index is 0.335. The number of hydrogen-bond acceptors (Lipinski definition) is 1. The van der Waals surface area contributed by atoms with E-state index in [0.717, 1.165) is 6.42 Å². The normalized spacial score (nSPS) is 21.2. The van der Waals surface area contributed by atoms with Gasteiger partial charge in [0.15, 0.2) is 0 Å². The number of carbonyl (C=O) groups is 1. The van der Waals surface area contributed by atoms with Crippen LogP contribution in [0.2, 0.25) is 0 Å². The summed E-state index contributed by atoms with van der Waals surface area (Å²) >= 11 is 0. The van der Waals surface area contributed by atoms with Gasteiger partial charge in [-0.3, -0.25) is 0 Å². The Bertz CT molecular complexity index is 121. The third-order valence-corrected chi connectivity index (χ3v) is 2.31. The van der Waals surface area contributed by atoms with Gasteiger partial charge in [0.1, 0.15) is 5.78 Å².